The van der Waals surface area contributed by atoms with Gasteiger partial charge in [0.05, 0.1) is 26.8 Å². The first-order valence-electron chi connectivity index (χ1n) is 12.4. The van der Waals surface area contributed by atoms with Crippen LogP contribution in [0.5, 0.6) is 17.2 Å². The zero-order valence-corrected chi connectivity index (χ0v) is 21.3. The van der Waals surface area contributed by atoms with E-state index in [1.807, 2.05) is 48.3 Å². The van der Waals surface area contributed by atoms with Gasteiger partial charge in [-0.1, -0.05) is 6.42 Å². The third-order valence-corrected chi connectivity index (χ3v) is 6.59. The number of unbranched alkanes of at least 4 members (excludes halogenated alkanes) is 2. The topological polar surface area (TPSA) is 72.0 Å². The smallest absolute Gasteiger partial charge is 0.232 e. The number of nitrogens with one attached hydrogen (secondary N) is 1. The molecule has 0 radical (unpaired) electrons. The quantitative estimate of drug-likeness (QED) is 0.360. The van der Waals surface area contributed by atoms with Gasteiger partial charge in [0.25, 0.3) is 0 Å². The molecule has 3 aromatic rings. The number of fused-ring (bicyclic) bond motifs is 1. The fourth-order valence-electron chi connectivity index (χ4n) is 4.50. The van der Waals surface area contributed by atoms with Crippen molar-refractivity contribution in [3.8, 4) is 17.2 Å². The Morgan fingerprint density at radius 2 is 1.60 bits per heavy atom. The van der Waals surface area contributed by atoms with Crippen LogP contribution in [0, 0.1) is 0 Å². The van der Waals surface area contributed by atoms with Gasteiger partial charge in [-0.15, -0.1) is 0 Å². The number of likely N-dealkylation sites (tertiary alicyclic amines) is 1. The zero-order chi connectivity index (χ0) is 24.6. The van der Waals surface area contributed by atoms with E-state index < -0.39 is 0 Å². The summed E-state index contributed by atoms with van der Waals surface area (Å²) in [5, 5.41) is 4.47. The van der Waals surface area contributed by atoms with Gasteiger partial charge in [-0.3, -0.25) is 0 Å². The van der Waals surface area contributed by atoms with Crippen LogP contribution in [0.1, 0.15) is 32.1 Å². The third-order valence-electron chi connectivity index (χ3n) is 6.59. The molecule has 0 saturated carbocycles. The third kappa shape index (κ3) is 6.06. The molecular formula is C27H37N5O3. The maximum atomic E-state index is 5.54. The van der Waals surface area contributed by atoms with Crippen molar-refractivity contribution in [2.24, 2.45) is 0 Å². The van der Waals surface area contributed by atoms with Gasteiger partial charge in [0, 0.05) is 30.7 Å². The van der Waals surface area contributed by atoms with Crippen LogP contribution >= 0.6 is 0 Å². The Hall–Kier alpha value is -3.26. The summed E-state index contributed by atoms with van der Waals surface area (Å²) in [6.07, 6.45) is 6.23. The number of hydrogen-bond acceptors (Lipinski definition) is 8. The van der Waals surface area contributed by atoms with E-state index in [2.05, 4.69) is 10.2 Å². The molecule has 8 nitrogen and oxygen atoms in total. The summed E-state index contributed by atoms with van der Waals surface area (Å²) in [6.45, 7) is 4.60. The number of methoxy groups -OCH3 is 3. The van der Waals surface area contributed by atoms with E-state index in [0.29, 0.717) is 17.4 Å². The first-order valence-corrected chi connectivity index (χ1v) is 12.4. The van der Waals surface area contributed by atoms with Gasteiger partial charge in [0.15, 0.2) is 11.5 Å². The van der Waals surface area contributed by atoms with Crippen LogP contribution in [0.4, 0.5) is 17.5 Å². The number of nitrogens with zero attached hydrogens (tertiary/aromatic N) is 4. The van der Waals surface area contributed by atoms with Crippen molar-refractivity contribution in [3.05, 3.63) is 36.4 Å². The fraction of sp³-hybridized carbons (Fsp3) is 0.481. The van der Waals surface area contributed by atoms with E-state index in [-0.39, 0.29) is 0 Å². The summed E-state index contributed by atoms with van der Waals surface area (Å²) >= 11 is 0. The number of hydrogen-bond donors (Lipinski definition) is 1. The molecule has 188 valence electrons. The largest absolute Gasteiger partial charge is 0.497 e. The SMILES string of the molecule is COc1ccc(N(C)c2nc(NCCCCCN3CCCC3)c3cc(OC)c(OC)cc3n2)cc1. The lowest BCUT2D eigenvalue weighted by Crippen LogP contribution is -2.20. The summed E-state index contributed by atoms with van der Waals surface area (Å²) in [5.41, 5.74) is 1.77. The lowest BCUT2D eigenvalue weighted by molar-refractivity contribution is 0.329. The highest BCUT2D eigenvalue weighted by Crippen LogP contribution is 2.36. The van der Waals surface area contributed by atoms with E-state index in [4.69, 9.17) is 24.2 Å². The van der Waals surface area contributed by atoms with Crippen LogP contribution in [0.15, 0.2) is 36.4 Å². The summed E-state index contributed by atoms with van der Waals surface area (Å²) in [5.74, 6) is 3.51. The van der Waals surface area contributed by atoms with E-state index in [1.54, 1.807) is 21.3 Å². The summed E-state index contributed by atoms with van der Waals surface area (Å²) < 4.78 is 16.4. The zero-order valence-electron chi connectivity index (χ0n) is 21.3. The molecule has 0 unspecified atom stereocenters. The normalized spacial score (nSPS) is 13.7. The Balaban J connectivity index is 1.53. The Morgan fingerprint density at radius 3 is 2.29 bits per heavy atom. The van der Waals surface area contributed by atoms with E-state index in [0.717, 1.165) is 41.1 Å². The molecular weight excluding hydrogens is 442 g/mol. The van der Waals surface area contributed by atoms with Crippen LogP contribution in [-0.2, 0) is 0 Å². The van der Waals surface area contributed by atoms with Gasteiger partial charge >= 0.3 is 0 Å². The fourth-order valence-corrected chi connectivity index (χ4v) is 4.50. The highest BCUT2D eigenvalue weighted by atomic mass is 16.5. The number of benzene rings is 2. The van der Waals surface area contributed by atoms with E-state index in [9.17, 15) is 0 Å². The molecule has 1 N–H and O–H groups in total. The Labute approximate surface area is 208 Å². The van der Waals surface area contributed by atoms with Crippen molar-refractivity contribution in [3.63, 3.8) is 0 Å². The second-order valence-electron chi connectivity index (χ2n) is 8.89. The summed E-state index contributed by atoms with van der Waals surface area (Å²) in [4.78, 5) is 14.3. The van der Waals surface area contributed by atoms with E-state index in [1.165, 1.54) is 45.3 Å². The Bertz CT molecular complexity index is 1100. The summed E-state index contributed by atoms with van der Waals surface area (Å²) in [7, 11) is 6.91. The molecule has 35 heavy (non-hydrogen) atoms. The molecule has 0 aliphatic carbocycles. The first-order chi connectivity index (χ1) is 17.1. The predicted molar refractivity (Wildman–Crippen MR) is 142 cm³/mol. The van der Waals surface area contributed by atoms with Crippen LogP contribution < -0.4 is 24.4 Å². The van der Waals surface area contributed by atoms with Crippen molar-refractivity contribution >= 4 is 28.4 Å². The Morgan fingerprint density at radius 1 is 0.886 bits per heavy atom. The van der Waals surface area contributed by atoms with Crippen molar-refractivity contribution in [2.45, 2.75) is 32.1 Å². The van der Waals surface area contributed by atoms with Gasteiger partial charge in [-0.2, -0.15) is 4.98 Å². The minimum Gasteiger partial charge on any atom is -0.497 e. The first kappa shape index (κ1) is 24.9. The van der Waals surface area contributed by atoms with Gasteiger partial charge < -0.3 is 29.3 Å². The molecule has 2 aromatic carbocycles. The second kappa shape index (κ2) is 11.9. The molecule has 1 saturated heterocycles. The van der Waals surface area contributed by atoms with Gasteiger partial charge in [0.2, 0.25) is 5.95 Å². The molecule has 4 rings (SSSR count). The number of anilines is 3. The minimum atomic E-state index is 0.603. The number of aromatic nitrogens is 2. The highest BCUT2D eigenvalue weighted by Gasteiger charge is 2.16. The maximum absolute atomic E-state index is 5.54. The number of rotatable bonds is 12. The Kier molecular flexibility index (Phi) is 8.47. The van der Waals surface area contributed by atoms with Crippen molar-refractivity contribution in [2.75, 3.05) is 64.8 Å². The van der Waals surface area contributed by atoms with Crippen LogP contribution in [0.25, 0.3) is 10.9 Å². The molecule has 1 aromatic heterocycles. The number of ether oxygens (including phenoxy) is 3. The monoisotopic (exact) mass is 479 g/mol. The van der Waals surface area contributed by atoms with E-state index >= 15 is 0 Å². The van der Waals surface area contributed by atoms with Crippen LogP contribution in [0.2, 0.25) is 0 Å². The molecule has 0 spiro atoms. The average Bonchev–Trinajstić information content (AvgIpc) is 3.42. The lowest BCUT2D eigenvalue weighted by atomic mass is 10.2. The lowest BCUT2D eigenvalue weighted by Gasteiger charge is -2.20. The molecule has 0 atom stereocenters. The van der Waals surface area contributed by atoms with Gasteiger partial charge in [-0.25, -0.2) is 4.98 Å². The standard InChI is InChI=1S/C27H37N5O3/c1-31(20-10-12-21(33-2)13-11-20)27-29-23-19-25(35-4)24(34-3)18-22(23)26(30-27)28-14-6-5-7-15-32-16-8-9-17-32/h10-13,18-19H,5-9,14-17H2,1-4H3,(H,28,29,30). The molecule has 2 heterocycles. The summed E-state index contributed by atoms with van der Waals surface area (Å²) in [6, 6.07) is 11.7. The van der Waals surface area contributed by atoms with Crippen LogP contribution in [-0.4, -0.2) is 69.4 Å². The van der Waals surface area contributed by atoms with Crippen molar-refractivity contribution in [1.29, 1.82) is 0 Å². The van der Waals surface area contributed by atoms with Crippen molar-refractivity contribution in [1.82, 2.24) is 14.9 Å². The van der Waals surface area contributed by atoms with Gasteiger partial charge in [0.1, 0.15) is 11.6 Å². The molecule has 1 aliphatic rings. The van der Waals surface area contributed by atoms with Gasteiger partial charge in [-0.05, 0) is 75.6 Å². The molecule has 1 aliphatic heterocycles. The highest BCUT2D eigenvalue weighted by molar-refractivity contribution is 5.93. The van der Waals surface area contributed by atoms with Crippen LogP contribution in [0.3, 0.4) is 0 Å². The predicted octanol–water partition coefficient (Wildman–Crippen LogP) is 5.10. The molecule has 8 heteroatoms. The second-order valence-corrected chi connectivity index (χ2v) is 8.89. The minimum absolute atomic E-state index is 0.603. The molecule has 1 fully saturated rings. The average molecular weight is 480 g/mol. The molecule has 0 amide bonds. The molecule has 0 bridgehead atoms. The van der Waals surface area contributed by atoms with Crippen molar-refractivity contribution < 1.29 is 14.2 Å². The maximum Gasteiger partial charge on any atom is 0.232 e.